The van der Waals surface area contributed by atoms with Crippen LogP contribution in [-0.2, 0) is 40.9 Å². The molecule has 5 rings (SSSR count). The summed E-state index contributed by atoms with van der Waals surface area (Å²) < 4.78 is 34.5. The quantitative estimate of drug-likeness (QED) is 0.388. The van der Waals surface area contributed by atoms with Gasteiger partial charge >= 0.3 is 0 Å². The molecule has 9 nitrogen and oxygen atoms in total. The number of fused-ring (bicyclic) bond motifs is 2. The van der Waals surface area contributed by atoms with Crippen molar-refractivity contribution in [3.63, 3.8) is 0 Å². The summed E-state index contributed by atoms with van der Waals surface area (Å²) in [5.74, 6) is 1.20. The Balaban J connectivity index is 1.49. The van der Waals surface area contributed by atoms with Crippen LogP contribution in [0.3, 0.4) is 0 Å². The van der Waals surface area contributed by atoms with Crippen molar-refractivity contribution in [1.29, 1.82) is 0 Å². The maximum atomic E-state index is 12.2. The summed E-state index contributed by atoms with van der Waals surface area (Å²) in [5, 5.41) is 8.37. The molecule has 0 radical (unpaired) electrons. The van der Waals surface area contributed by atoms with Crippen molar-refractivity contribution in [1.82, 2.24) is 24.5 Å². The van der Waals surface area contributed by atoms with Gasteiger partial charge < -0.3 is 10.1 Å². The molecular weight excluding hydrogens is 464 g/mol. The molecule has 0 fully saturated rings. The fourth-order valence-electron chi connectivity index (χ4n) is 4.01. The lowest BCUT2D eigenvalue weighted by molar-refractivity contribution is 0.109. The molecule has 3 heterocycles. The van der Waals surface area contributed by atoms with Gasteiger partial charge in [-0.3, -0.25) is 0 Å². The molecule has 10 heteroatoms. The second-order valence-electron chi connectivity index (χ2n) is 8.76. The Morgan fingerprint density at radius 2 is 1.89 bits per heavy atom. The molecule has 4 aromatic rings. The van der Waals surface area contributed by atoms with E-state index in [9.17, 15) is 8.42 Å². The van der Waals surface area contributed by atoms with Gasteiger partial charge in [0.05, 0.1) is 35.9 Å². The Bertz CT molecular complexity index is 1450. The van der Waals surface area contributed by atoms with Crippen LogP contribution >= 0.6 is 0 Å². The lowest BCUT2D eigenvalue weighted by Crippen LogP contribution is -2.30. The van der Waals surface area contributed by atoms with Gasteiger partial charge in [0.15, 0.2) is 0 Å². The van der Waals surface area contributed by atoms with E-state index in [-0.39, 0.29) is 6.54 Å². The second-order valence-corrected chi connectivity index (χ2v) is 11.1. The first-order valence-corrected chi connectivity index (χ1v) is 13.2. The fraction of sp³-hybridized carbons (Fsp3) is 0.320. The van der Waals surface area contributed by atoms with Gasteiger partial charge in [0.1, 0.15) is 5.82 Å². The predicted octanol–water partition coefficient (Wildman–Crippen LogP) is 3.33. The largest absolute Gasteiger partial charge is 0.376 e. The summed E-state index contributed by atoms with van der Waals surface area (Å²) in [6.45, 7) is 5.21. The molecule has 2 aromatic carbocycles. The predicted molar refractivity (Wildman–Crippen MR) is 135 cm³/mol. The van der Waals surface area contributed by atoms with E-state index in [2.05, 4.69) is 27.3 Å². The molecule has 35 heavy (non-hydrogen) atoms. The summed E-state index contributed by atoms with van der Waals surface area (Å²) in [5.41, 5.74) is 4.72. The van der Waals surface area contributed by atoms with E-state index in [0.717, 1.165) is 39.1 Å². The van der Waals surface area contributed by atoms with Crippen molar-refractivity contribution in [3.8, 4) is 5.95 Å². The van der Waals surface area contributed by atoms with Crippen LogP contribution in [-0.4, -0.2) is 40.0 Å². The third kappa shape index (κ3) is 4.90. The van der Waals surface area contributed by atoms with Gasteiger partial charge in [0.25, 0.3) is 5.95 Å². The van der Waals surface area contributed by atoms with E-state index in [1.54, 1.807) is 24.7 Å². The van der Waals surface area contributed by atoms with Gasteiger partial charge in [0.2, 0.25) is 10.0 Å². The molecule has 182 valence electrons. The monoisotopic (exact) mass is 492 g/mol. The minimum Gasteiger partial charge on any atom is -0.376 e. The number of benzene rings is 2. The zero-order chi connectivity index (χ0) is 24.4. The average Bonchev–Trinajstić information content (AvgIpc) is 3.31. The van der Waals surface area contributed by atoms with Crippen molar-refractivity contribution < 1.29 is 13.2 Å². The normalized spacial score (nSPS) is 13.8. The lowest BCUT2D eigenvalue weighted by atomic mass is 10.1. The molecule has 0 saturated carbocycles. The molecule has 2 aromatic heterocycles. The molecule has 0 spiro atoms. The minimum atomic E-state index is -3.38. The van der Waals surface area contributed by atoms with E-state index in [1.165, 1.54) is 0 Å². The molecular formula is C25H28N6O3S. The minimum absolute atomic E-state index is 0.190. The van der Waals surface area contributed by atoms with E-state index in [1.807, 2.05) is 36.4 Å². The van der Waals surface area contributed by atoms with Crippen molar-refractivity contribution in [3.05, 3.63) is 77.1 Å². The summed E-state index contributed by atoms with van der Waals surface area (Å²) in [4.78, 5) is 9.64. The highest BCUT2D eigenvalue weighted by Crippen LogP contribution is 2.26. The first-order valence-electron chi connectivity index (χ1n) is 11.6. The first-order chi connectivity index (χ1) is 16.9. The number of nitrogens with zero attached hydrogens (tertiary/aromatic N) is 4. The van der Waals surface area contributed by atoms with E-state index in [0.29, 0.717) is 32.1 Å². The van der Waals surface area contributed by atoms with E-state index in [4.69, 9.17) is 14.7 Å². The Hall–Kier alpha value is -3.34. The molecule has 2 N–H and O–H groups in total. The van der Waals surface area contributed by atoms with Gasteiger partial charge in [-0.25, -0.2) is 18.1 Å². The average molecular weight is 493 g/mol. The smallest absolute Gasteiger partial charge is 0.253 e. The summed E-state index contributed by atoms with van der Waals surface area (Å²) in [6, 6.07) is 15.9. The number of aromatic nitrogens is 4. The van der Waals surface area contributed by atoms with Crippen LogP contribution in [0, 0.1) is 0 Å². The van der Waals surface area contributed by atoms with Crippen LogP contribution < -0.4 is 10.0 Å². The maximum Gasteiger partial charge on any atom is 0.253 e. The zero-order valence-corrected chi connectivity index (χ0v) is 20.5. The molecule has 0 unspecified atom stereocenters. The Labute approximate surface area is 204 Å². The number of rotatable bonds is 8. The van der Waals surface area contributed by atoms with Gasteiger partial charge in [-0.1, -0.05) is 42.5 Å². The standard InChI is InChI=1S/C25H28N6O3S/c1-17(2)35(32,33)28-14-19-9-6-10-23-20(19)15-27-31(23)25-29-22-11-12-34-16-21(22)24(30-25)26-13-18-7-4-3-5-8-18/h3-10,15,17,28H,11-14,16H2,1-2H3,(H,26,29,30). The Morgan fingerprint density at radius 1 is 1.06 bits per heavy atom. The van der Waals surface area contributed by atoms with Crippen molar-refractivity contribution >= 4 is 26.7 Å². The molecule has 0 bridgehead atoms. The maximum absolute atomic E-state index is 12.2. The van der Waals surface area contributed by atoms with Crippen LogP contribution in [0.2, 0.25) is 0 Å². The Kier molecular flexibility index (Phi) is 6.50. The van der Waals surface area contributed by atoms with Gasteiger partial charge in [0, 0.05) is 30.5 Å². The van der Waals surface area contributed by atoms with Crippen molar-refractivity contribution in [2.24, 2.45) is 0 Å². The molecule has 1 aliphatic heterocycles. The van der Waals surface area contributed by atoms with E-state index >= 15 is 0 Å². The van der Waals surface area contributed by atoms with Crippen molar-refractivity contribution in [2.75, 3.05) is 11.9 Å². The van der Waals surface area contributed by atoms with Crippen LogP contribution in [0.4, 0.5) is 5.82 Å². The number of hydrogen-bond donors (Lipinski definition) is 2. The summed E-state index contributed by atoms with van der Waals surface area (Å²) in [6.07, 6.45) is 2.43. The van der Waals surface area contributed by atoms with Crippen LogP contribution in [0.25, 0.3) is 16.9 Å². The van der Waals surface area contributed by atoms with Gasteiger partial charge in [-0.15, -0.1) is 0 Å². The number of hydrogen-bond acceptors (Lipinski definition) is 7. The molecule has 0 saturated heterocycles. The molecule has 1 aliphatic rings. The third-order valence-corrected chi connectivity index (χ3v) is 7.88. The summed E-state index contributed by atoms with van der Waals surface area (Å²) in [7, 11) is -3.38. The van der Waals surface area contributed by atoms with Crippen LogP contribution in [0.1, 0.15) is 36.2 Å². The Morgan fingerprint density at radius 3 is 2.69 bits per heavy atom. The number of anilines is 1. The van der Waals surface area contributed by atoms with Crippen molar-refractivity contribution in [2.45, 2.75) is 45.2 Å². The second kappa shape index (κ2) is 9.73. The molecule has 0 atom stereocenters. The highest BCUT2D eigenvalue weighted by molar-refractivity contribution is 7.90. The van der Waals surface area contributed by atoms with Crippen LogP contribution in [0.15, 0.2) is 54.7 Å². The number of ether oxygens (including phenoxy) is 1. The number of nitrogens with one attached hydrogen (secondary N) is 2. The van der Waals surface area contributed by atoms with E-state index < -0.39 is 15.3 Å². The molecule has 0 amide bonds. The first kappa shape index (κ1) is 23.4. The molecule has 0 aliphatic carbocycles. The van der Waals surface area contributed by atoms with Gasteiger partial charge in [-0.2, -0.15) is 14.8 Å². The lowest BCUT2D eigenvalue weighted by Gasteiger charge is -2.20. The highest BCUT2D eigenvalue weighted by Gasteiger charge is 2.21. The van der Waals surface area contributed by atoms with Gasteiger partial charge in [-0.05, 0) is 31.0 Å². The zero-order valence-electron chi connectivity index (χ0n) is 19.7. The SMILES string of the molecule is CC(C)S(=O)(=O)NCc1cccc2c1cnn2-c1nc2c(c(NCc3ccccc3)n1)COCC2. The topological polar surface area (TPSA) is 111 Å². The highest BCUT2D eigenvalue weighted by atomic mass is 32.2. The number of sulfonamides is 1. The third-order valence-electron chi connectivity index (χ3n) is 6.09. The van der Waals surface area contributed by atoms with Crippen LogP contribution in [0.5, 0.6) is 0 Å². The summed E-state index contributed by atoms with van der Waals surface area (Å²) >= 11 is 0. The fourth-order valence-corrected chi connectivity index (χ4v) is 4.70.